The lowest BCUT2D eigenvalue weighted by atomic mass is 9.80. The second-order valence-corrected chi connectivity index (χ2v) is 10.2. The van der Waals surface area contributed by atoms with Crippen molar-refractivity contribution in [2.24, 2.45) is 22.8 Å². The minimum absolute atomic E-state index is 0.0748. The van der Waals surface area contributed by atoms with Crippen molar-refractivity contribution >= 4 is 29.7 Å². The number of halogens is 9. The van der Waals surface area contributed by atoms with Crippen molar-refractivity contribution in [1.82, 2.24) is 15.2 Å². The lowest BCUT2D eigenvalue weighted by Crippen LogP contribution is -2.48. The highest BCUT2D eigenvalue weighted by molar-refractivity contribution is 5.94. The van der Waals surface area contributed by atoms with Gasteiger partial charge in [0.2, 0.25) is 11.8 Å². The summed E-state index contributed by atoms with van der Waals surface area (Å²) in [5, 5.41) is 24.4. The van der Waals surface area contributed by atoms with Crippen LogP contribution in [-0.2, 0) is 19.2 Å². The molecule has 274 valence electrons. The van der Waals surface area contributed by atoms with Crippen LogP contribution >= 0.6 is 0 Å². The number of nitrogens with two attached hydrogens (primary N) is 2. The zero-order valence-electron chi connectivity index (χ0n) is 25.0. The number of ether oxygens (including phenoxy) is 1. The Hall–Kier alpha value is -4.41. The van der Waals surface area contributed by atoms with Crippen molar-refractivity contribution < 1.29 is 83.5 Å². The summed E-state index contributed by atoms with van der Waals surface area (Å²) in [5.41, 5.74) is 12.6. The van der Waals surface area contributed by atoms with Gasteiger partial charge in [-0.1, -0.05) is 6.42 Å². The predicted molar refractivity (Wildman–Crippen MR) is 142 cm³/mol. The molecule has 1 aromatic heterocycles. The largest absolute Gasteiger partial charge is 0.490 e. The highest BCUT2D eigenvalue weighted by Crippen LogP contribution is 2.48. The van der Waals surface area contributed by atoms with Crippen LogP contribution in [0, 0.1) is 18.3 Å². The van der Waals surface area contributed by atoms with Crippen molar-refractivity contribution in [2.75, 3.05) is 33.3 Å². The number of carboxylic acids is 3. The summed E-state index contributed by atoms with van der Waals surface area (Å²) < 4.78 is 100. The zero-order valence-corrected chi connectivity index (χ0v) is 25.0. The van der Waals surface area contributed by atoms with Gasteiger partial charge < -0.3 is 41.7 Å². The third kappa shape index (κ3) is 13.8. The van der Waals surface area contributed by atoms with E-state index < -0.39 is 42.5 Å². The van der Waals surface area contributed by atoms with E-state index in [4.69, 9.17) is 45.9 Å². The van der Waals surface area contributed by atoms with Gasteiger partial charge >= 0.3 is 36.4 Å². The maximum Gasteiger partial charge on any atom is 0.490 e. The number of methoxy groups -OCH3 is 1. The quantitative estimate of drug-likeness (QED) is 0.232. The number of aromatic nitrogens is 1. The Morgan fingerprint density at radius 2 is 1.46 bits per heavy atom. The minimum Gasteiger partial charge on any atom is -0.481 e. The summed E-state index contributed by atoms with van der Waals surface area (Å²) in [6.45, 7) is 3.88. The van der Waals surface area contributed by atoms with E-state index in [1.54, 1.807) is 13.2 Å². The summed E-state index contributed by atoms with van der Waals surface area (Å²) in [7, 11) is 1.55. The first kappa shape index (κ1) is 43.6. The van der Waals surface area contributed by atoms with Crippen LogP contribution in [-0.4, -0.2) is 113 Å². The first-order chi connectivity index (χ1) is 21.7. The maximum atomic E-state index is 12.6. The molecular weight excluding hydrogens is 685 g/mol. The molecule has 0 radical (unpaired) electrons. The summed E-state index contributed by atoms with van der Waals surface area (Å²) in [6, 6.07) is 1.12. The number of aryl methyl sites for hydroxylation is 1. The van der Waals surface area contributed by atoms with Gasteiger partial charge in [0.15, 0.2) is 0 Å². The van der Waals surface area contributed by atoms with Gasteiger partial charge in [0.1, 0.15) is 0 Å². The van der Waals surface area contributed by atoms with Gasteiger partial charge in [-0.05, 0) is 31.7 Å². The molecule has 1 aromatic rings. The number of likely N-dealkylation sites (tertiary alicyclic amines) is 1. The molecule has 0 unspecified atom stereocenters. The molecule has 1 saturated heterocycles. The Morgan fingerprint density at radius 1 is 1.00 bits per heavy atom. The number of hydrogen-bond donors (Lipinski definition) is 6. The lowest BCUT2D eigenvalue weighted by molar-refractivity contribution is -0.193. The van der Waals surface area contributed by atoms with E-state index in [1.807, 2.05) is 11.8 Å². The molecule has 2 fully saturated rings. The van der Waals surface area contributed by atoms with Crippen molar-refractivity contribution in [3.05, 3.63) is 23.4 Å². The van der Waals surface area contributed by atoms with Crippen molar-refractivity contribution in [1.29, 1.82) is 0 Å². The van der Waals surface area contributed by atoms with Crippen LogP contribution in [0.2, 0.25) is 0 Å². The van der Waals surface area contributed by atoms with Gasteiger partial charge in [0, 0.05) is 43.4 Å². The average molecular weight is 718 g/mol. The van der Waals surface area contributed by atoms with E-state index in [2.05, 4.69) is 10.3 Å². The Labute approximate surface area is 265 Å². The van der Waals surface area contributed by atoms with Crippen LogP contribution in [0.1, 0.15) is 35.2 Å². The van der Waals surface area contributed by atoms with Crippen molar-refractivity contribution in [3.63, 3.8) is 0 Å². The van der Waals surface area contributed by atoms with Gasteiger partial charge in [-0.3, -0.25) is 9.59 Å². The molecule has 1 aliphatic carbocycles. The second kappa shape index (κ2) is 17.7. The van der Waals surface area contributed by atoms with E-state index in [0.717, 1.165) is 24.8 Å². The van der Waals surface area contributed by atoms with Gasteiger partial charge in [0.25, 0.3) is 5.91 Å². The molecular formula is C25H32F9N5O9. The number of hydrogen-bond acceptors (Lipinski definition) is 9. The molecule has 2 amide bonds. The predicted octanol–water partition coefficient (Wildman–Crippen LogP) is 1.94. The van der Waals surface area contributed by atoms with E-state index in [9.17, 15) is 49.1 Å². The van der Waals surface area contributed by atoms with Crippen molar-refractivity contribution in [2.45, 2.75) is 50.8 Å². The monoisotopic (exact) mass is 717 g/mol. The normalized spacial score (nSPS) is 19.1. The van der Waals surface area contributed by atoms with Crippen LogP contribution in [0.5, 0.6) is 5.88 Å². The van der Waals surface area contributed by atoms with E-state index in [1.165, 1.54) is 6.20 Å². The standard InChI is InChI=1S/C19H29N5O3.3C2HF3O2/c1-12-6-13(8-22-17(12)27-2)16(25)23-10-19-5-3-4-14(19)9-24(11-19)18(26)15(21)7-20;3*3-2(4,5)1(6)7/h6,8,14-15H,3-5,7,9-11,20-21H2,1-2H3,(H,23,25);3*(H,6,7)/t14-,15-,19+;;;/m0.../s1. The van der Waals surface area contributed by atoms with Gasteiger partial charge in [-0.15, -0.1) is 0 Å². The average Bonchev–Trinajstić information content (AvgIpc) is 3.52. The Bertz CT molecular complexity index is 1240. The van der Waals surface area contributed by atoms with E-state index >= 15 is 0 Å². The topological polar surface area (TPSA) is 235 Å². The fraction of sp³-hybridized carbons (Fsp3) is 0.600. The molecule has 1 saturated carbocycles. The van der Waals surface area contributed by atoms with Crippen LogP contribution < -0.4 is 21.5 Å². The molecule has 2 heterocycles. The minimum atomic E-state index is -5.08. The summed E-state index contributed by atoms with van der Waals surface area (Å²) in [4.78, 5) is 57.7. The van der Waals surface area contributed by atoms with Gasteiger partial charge in [0.05, 0.1) is 18.7 Å². The molecule has 23 heteroatoms. The van der Waals surface area contributed by atoms with E-state index in [-0.39, 0.29) is 23.8 Å². The number of amides is 2. The molecule has 0 bridgehead atoms. The molecule has 0 spiro atoms. The number of nitrogens with zero attached hydrogens (tertiary/aromatic N) is 2. The first-order valence-corrected chi connectivity index (χ1v) is 13.2. The lowest BCUT2D eigenvalue weighted by Gasteiger charge is -2.29. The highest BCUT2D eigenvalue weighted by Gasteiger charge is 2.51. The Kier molecular flexibility index (Phi) is 16.0. The number of nitrogens with one attached hydrogen (secondary N) is 1. The second-order valence-electron chi connectivity index (χ2n) is 10.2. The number of rotatable bonds is 6. The Morgan fingerprint density at radius 3 is 1.83 bits per heavy atom. The third-order valence-corrected chi connectivity index (χ3v) is 6.74. The summed E-state index contributed by atoms with van der Waals surface area (Å²) in [6.07, 6.45) is -10.5. The third-order valence-electron chi connectivity index (χ3n) is 6.74. The smallest absolute Gasteiger partial charge is 0.481 e. The number of alkyl halides is 9. The molecule has 1 aliphatic heterocycles. The number of carbonyl (C=O) groups is 5. The van der Waals surface area contributed by atoms with Crippen LogP contribution in [0.15, 0.2) is 12.3 Å². The van der Waals surface area contributed by atoms with Gasteiger partial charge in [-0.25, -0.2) is 19.4 Å². The van der Waals surface area contributed by atoms with Gasteiger partial charge in [-0.2, -0.15) is 39.5 Å². The SMILES string of the molecule is COc1ncc(C(=O)NC[C@@]23CCC[C@H]2CN(C(=O)[C@@H](N)CN)C3)cc1C.O=C(O)C(F)(F)F.O=C(O)C(F)(F)F.O=C(O)C(F)(F)F. The molecule has 3 atom stereocenters. The molecule has 3 rings (SSSR count). The summed E-state index contributed by atoms with van der Waals surface area (Å²) >= 11 is 0. The van der Waals surface area contributed by atoms with Crippen LogP contribution in [0.3, 0.4) is 0 Å². The van der Waals surface area contributed by atoms with Crippen LogP contribution in [0.4, 0.5) is 39.5 Å². The van der Waals surface area contributed by atoms with E-state index in [0.29, 0.717) is 37.0 Å². The highest BCUT2D eigenvalue weighted by atomic mass is 19.4. The molecule has 0 aromatic carbocycles. The first-order valence-electron chi connectivity index (χ1n) is 13.2. The molecule has 8 N–H and O–H groups in total. The number of pyridine rings is 1. The van der Waals surface area contributed by atoms with Crippen LogP contribution in [0.25, 0.3) is 0 Å². The fourth-order valence-electron chi connectivity index (χ4n) is 4.46. The molecule has 48 heavy (non-hydrogen) atoms. The molecule has 2 aliphatic rings. The summed E-state index contributed by atoms with van der Waals surface area (Å²) in [5.74, 6) is -7.61. The number of carbonyl (C=O) groups excluding carboxylic acids is 2. The number of aliphatic carboxylic acids is 3. The fourth-order valence-corrected chi connectivity index (χ4v) is 4.46. The number of carboxylic acid groups (broad SMARTS) is 3. The Balaban J connectivity index is 0.000000855. The zero-order chi connectivity index (χ0) is 37.8. The maximum absolute atomic E-state index is 12.6. The number of fused-ring (bicyclic) bond motifs is 1. The molecule has 14 nitrogen and oxygen atoms in total. The van der Waals surface area contributed by atoms with Crippen molar-refractivity contribution in [3.8, 4) is 5.88 Å².